The molecule has 26 heavy (non-hydrogen) atoms. The van der Waals surface area contributed by atoms with Crippen LogP contribution in [0.4, 0.5) is 0 Å². The Hall–Kier alpha value is -1.83. The highest BCUT2D eigenvalue weighted by molar-refractivity contribution is 7.71. The van der Waals surface area contributed by atoms with E-state index in [-0.39, 0.29) is 0 Å². The maximum atomic E-state index is 5.83. The summed E-state index contributed by atoms with van der Waals surface area (Å²) >= 11 is 7.68. The van der Waals surface area contributed by atoms with E-state index in [1.54, 1.807) is 0 Å². The molecular weight excluding hydrogens is 362 g/mol. The molecule has 2 fully saturated rings. The van der Waals surface area contributed by atoms with Gasteiger partial charge in [0, 0.05) is 41.5 Å². The minimum absolute atomic E-state index is 0.493. The minimum atomic E-state index is 0.493. The second kappa shape index (κ2) is 6.72. The van der Waals surface area contributed by atoms with Gasteiger partial charge in [0.25, 0.3) is 0 Å². The van der Waals surface area contributed by atoms with E-state index < -0.39 is 0 Å². The summed E-state index contributed by atoms with van der Waals surface area (Å²) in [6.07, 6.45) is 8.48. The molecule has 3 aromatic rings. The van der Waals surface area contributed by atoms with Crippen LogP contribution >= 0.6 is 23.6 Å². The summed E-state index contributed by atoms with van der Waals surface area (Å²) < 4.78 is 5.12. The average Bonchev–Trinajstić information content (AvgIpc) is 3.07. The van der Waals surface area contributed by atoms with Gasteiger partial charge >= 0.3 is 0 Å². The fourth-order valence-electron chi connectivity index (χ4n) is 3.84. The maximum Gasteiger partial charge on any atom is 0.199 e. The Labute approximate surface area is 161 Å². The molecule has 0 N–H and O–H groups in total. The van der Waals surface area contributed by atoms with Gasteiger partial charge in [-0.05, 0) is 61.5 Å². The number of likely N-dealkylation sites (tertiary alicyclic amines) is 1. The molecule has 1 saturated heterocycles. The first-order chi connectivity index (χ1) is 12.8. The molecule has 2 aliphatic rings. The molecule has 5 nitrogen and oxygen atoms in total. The van der Waals surface area contributed by atoms with E-state index in [4.69, 9.17) is 17.3 Å². The van der Waals surface area contributed by atoms with E-state index >= 15 is 0 Å². The fourth-order valence-corrected chi connectivity index (χ4v) is 5.07. The largest absolute Gasteiger partial charge is 0.297 e. The van der Waals surface area contributed by atoms with Crippen LogP contribution in [0.5, 0.6) is 0 Å². The molecule has 7 heteroatoms. The van der Waals surface area contributed by atoms with Crippen LogP contribution in [0, 0.1) is 4.77 Å². The summed E-state index contributed by atoms with van der Waals surface area (Å²) in [4.78, 5) is 8.10. The molecule has 1 atom stereocenters. The van der Waals surface area contributed by atoms with Crippen molar-refractivity contribution in [3.8, 4) is 11.4 Å². The van der Waals surface area contributed by atoms with Gasteiger partial charge in [0.05, 0.1) is 6.67 Å². The van der Waals surface area contributed by atoms with Crippen LogP contribution < -0.4 is 0 Å². The molecule has 4 heterocycles. The number of hydrogen-bond donors (Lipinski definition) is 0. The Morgan fingerprint density at radius 1 is 1.15 bits per heavy atom. The van der Waals surface area contributed by atoms with Gasteiger partial charge in [-0.15, -0.1) is 11.3 Å². The zero-order valence-electron chi connectivity index (χ0n) is 14.5. The first kappa shape index (κ1) is 16.4. The summed E-state index contributed by atoms with van der Waals surface area (Å²) in [6.45, 7) is 1.87. The van der Waals surface area contributed by atoms with E-state index in [0.717, 1.165) is 29.4 Å². The molecule has 0 spiro atoms. The summed E-state index contributed by atoms with van der Waals surface area (Å²) in [5.74, 6) is 0.978. The SMILES string of the molecule is S=c1n(CN2CCCC2c2cccs2)nc(-c2ccncc2)n1C1CC1. The average molecular weight is 384 g/mol. The van der Waals surface area contributed by atoms with Gasteiger partial charge in [-0.2, -0.15) is 5.10 Å². The quantitative estimate of drug-likeness (QED) is 0.600. The van der Waals surface area contributed by atoms with Crippen molar-refractivity contribution in [2.45, 2.75) is 44.4 Å². The number of pyridine rings is 1. The highest BCUT2D eigenvalue weighted by Crippen LogP contribution is 2.39. The Kier molecular flexibility index (Phi) is 4.23. The molecule has 1 saturated carbocycles. The van der Waals surface area contributed by atoms with Crippen molar-refractivity contribution in [3.63, 3.8) is 0 Å². The molecule has 3 aromatic heterocycles. The van der Waals surface area contributed by atoms with Crippen LogP contribution in [0.1, 0.15) is 42.6 Å². The molecule has 0 amide bonds. The minimum Gasteiger partial charge on any atom is -0.297 e. The van der Waals surface area contributed by atoms with Gasteiger partial charge in [0.2, 0.25) is 0 Å². The van der Waals surface area contributed by atoms with Crippen LogP contribution in [-0.2, 0) is 6.67 Å². The summed E-state index contributed by atoms with van der Waals surface area (Å²) in [5, 5.41) is 7.10. The number of thiophene rings is 1. The zero-order valence-corrected chi connectivity index (χ0v) is 16.1. The van der Waals surface area contributed by atoms with Crippen molar-refractivity contribution in [1.29, 1.82) is 0 Å². The monoisotopic (exact) mass is 383 g/mol. The van der Waals surface area contributed by atoms with Gasteiger partial charge in [-0.25, -0.2) is 4.68 Å². The van der Waals surface area contributed by atoms with Crippen molar-refractivity contribution in [2.24, 2.45) is 0 Å². The summed E-state index contributed by atoms with van der Waals surface area (Å²) in [5.41, 5.74) is 1.09. The standard InChI is InChI=1S/C19H21N5S2/c25-19-23(13-22-11-1-3-16(22)17-4-2-12-26-17)21-18(24(19)15-5-6-15)14-7-9-20-10-8-14/h2,4,7-10,12,15-16H,1,3,5-6,11,13H2. The third kappa shape index (κ3) is 2.94. The lowest BCUT2D eigenvalue weighted by Gasteiger charge is -2.23. The van der Waals surface area contributed by atoms with Gasteiger partial charge in [-0.1, -0.05) is 6.07 Å². The highest BCUT2D eigenvalue weighted by Gasteiger charge is 2.31. The predicted molar refractivity (Wildman–Crippen MR) is 106 cm³/mol. The normalized spacial score (nSPS) is 20.7. The smallest absolute Gasteiger partial charge is 0.199 e. The van der Waals surface area contributed by atoms with Crippen molar-refractivity contribution in [3.05, 3.63) is 51.7 Å². The van der Waals surface area contributed by atoms with Crippen LogP contribution in [0.3, 0.4) is 0 Å². The zero-order chi connectivity index (χ0) is 17.5. The van der Waals surface area contributed by atoms with E-state index in [1.165, 1.54) is 30.6 Å². The van der Waals surface area contributed by atoms with E-state index in [9.17, 15) is 0 Å². The fraction of sp³-hybridized carbons (Fsp3) is 0.421. The maximum absolute atomic E-state index is 5.83. The molecule has 1 aliphatic heterocycles. The van der Waals surface area contributed by atoms with Gasteiger partial charge in [0.1, 0.15) is 0 Å². The number of hydrogen-bond acceptors (Lipinski definition) is 5. The molecule has 0 aromatic carbocycles. The molecule has 0 radical (unpaired) electrons. The number of nitrogens with zero attached hydrogens (tertiary/aromatic N) is 5. The summed E-state index contributed by atoms with van der Waals surface area (Å²) in [6, 6.07) is 9.43. The van der Waals surface area contributed by atoms with E-state index in [2.05, 4.69) is 32.0 Å². The molecule has 1 unspecified atom stereocenters. The molecule has 134 valence electrons. The lowest BCUT2D eigenvalue weighted by Crippen LogP contribution is -2.26. The Bertz CT molecular complexity index is 940. The topological polar surface area (TPSA) is 38.9 Å². The van der Waals surface area contributed by atoms with Crippen molar-refractivity contribution in [1.82, 2.24) is 24.2 Å². The van der Waals surface area contributed by atoms with Crippen LogP contribution in [-0.4, -0.2) is 30.8 Å². The molecule has 5 rings (SSSR count). The van der Waals surface area contributed by atoms with Crippen LogP contribution in [0.15, 0.2) is 42.0 Å². The van der Waals surface area contributed by atoms with E-state index in [1.807, 2.05) is 40.5 Å². The lowest BCUT2D eigenvalue weighted by atomic mass is 10.2. The van der Waals surface area contributed by atoms with Gasteiger partial charge < -0.3 is 0 Å². The predicted octanol–water partition coefficient (Wildman–Crippen LogP) is 4.67. The molecular formula is C19H21N5S2. The Morgan fingerprint density at radius 2 is 2.00 bits per heavy atom. The third-order valence-electron chi connectivity index (χ3n) is 5.27. The van der Waals surface area contributed by atoms with Crippen molar-refractivity contribution in [2.75, 3.05) is 6.54 Å². The van der Waals surface area contributed by atoms with Gasteiger partial charge in [-0.3, -0.25) is 14.5 Å². The van der Waals surface area contributed by atoms with Crippen LogP contribution in [0.2, 0.25) is 0 Å². The molecule has 1 aliphatic carbocycles. The highest BCUT2D eigenvalue weighted by atomic mass is 32.1. The first-order valence-corrected chi connectivity index (χ1v) is 10.5. The molecule has 0 bridgehead atoms. The Balaban J connectivity index is 1.49. The van der Waals surface area contributed by atoms with Crippen LogP contribution in [0.25, 0.3) is 11.4 Å². The Morgan fingerprint density at radius 3 is 2.73 bits per heavy atom. The van der Waals surface area contributed by atoms with Crippen molar-refractivity contribution >= 4 is 23.6 Å². The van der Waals surface area contributed by atoms with Crippen molar-refractivity contribution < 1.29 is 0 Å². The lowest BCUT2D eigenvalue weighted by molar-refractivity contribution is 0.192. The first-order valence-electron chi connectivity index (χ1n) is 9.18. The summed E-state index contributed by atoms with van der Waals surface area (Å²) in [7, 11) is 0. The third-order valence-corrected chi connectivity index (χ3v) is 6.65. The second-order valence-corrected chi connectivity index (χ2v) is 8.41. The second-order valence-electron chi connectivity index (χ2n) is 7.07. The number of aromatic nitrogens is 4. The number of rotatable bonds is 5. The van der Waals surface area contributed by atoms with Gasteiger partial charge in [0.15, 0.2) is 10.6 Å². The van der Waals surface area contributed by atoms with E-state index in [0.29, 0.717) is 12.1 Å².